The summed E-state index contributed by atoms with van der Waals surface area (Å²) in [7, 11) is 0. The Balaban J connectivity index is 2.92. The highest BCUT2D eigenvalue weighted by molar-refractivity contribution is 6.33. The molecule has 1 heterocycles. The first-order chi connectivity index (χ1) is 9.99. The van der Waals surface area contributed by atoms with Crippen molar-refractivity contribution in [3.8, 4) is 6.07 Å². The molecular formula is C15H21ClN4O. The number of carbonyl (C=O) groups is 1. The largest absolute Gasteiger partial charge is 0.369 e. The molecule has 0 aliphatic carbocycles. The summed E-state index contributed by atoms with van der Waals surface area (Å²) in [5.74, 6) is 0.761. The second kappa shape index (κ2) is 8.48. The summed E-state index contributed by atoms with van der Waals surface area (Å²) in [6.07, 6.45) is 1.83. The zero-order valence-electron chi connectivity index (χ0n) is 12.7. The molecule has 114 valence electrons. The van der Waals surface area contributed by atoms with Crippen molar-refractivity contribution in [3.05, 3.63) is 22.8 Å². The molecule has 0 unspecified atom stereocenters. The summed E-state index contributed by atoms with van der Waals surface area (Å²) < 4.78 is 0. The minimum absolute atomic E-state index is 0.142. The number of aromatic nitrogens is 1. The van der Waals surface area contributed by atoms with Crippen LogP contribution >= 0.6 is 11.6 Å². The summed E-state index contributed by atoms with van der Waals surface area (Å²) in [5, 5.41) is 12.2. The molecule has 0 radical (unpaired) electrons. The number of carbonyl (C=O) groups excluding carboxylic acids is 1. The van der Waals surface area contributed by atoms with Gasteiger partial charge in [-0.2, -0.15) is 5.26 Å². The van der Waals surface area contributed by atoms with Gasteiger partial charge in [0.1, 0.15) is 5.82 Å². The molecule has 5 nitrogen and oxygen atoms in total. The Kier molecular flexibility index (Phi) is 6.97. The summed E-state index contributed by atoms with van der Waals surface area (Å²) in [5.41, 5.74) is 0.445. The van der Waals surface area contributed by atoms with Crippen molar-refractivity contribution in [2.24, 2.45) is 5.92 Å². The molecule has 1 N–H and O–H groups in total. The Labute approximate surface area is 130 Å². The third kappa shape index (κ3) is 5.24. The van der Waals surface area contributed by atoms with Crippen molar-refractivity contribution in [2.45, 2.75) is 27.2 Å². The topological polar surface area (TPSA) is 69.0 Å². The lowest BCUT2D eigenvalue weighted by atomic mass is 10.1. The normalized spacial score (nSPS) is 10.3. The predicted molar refractivity (Wildman–Crippen MR) is 84.4 cm³/mol. The number of halogens is 1. The van der Waals surface area contributed by atoms with Crippen LogP contribution in [0.2, 0.25) is 5.02 Å². The van der Waals surface area contributed by atoms with E-state index in [4.69, 9.17) is 16.9 Å². The molecular weight excluding hydrogens is 288 g/mol. The number of rotatable bonds is 7. The van der Waals surface area contributed by atoms with E-state index in [2.05, 4.69) is 16.4 Å². The average Bonchev–Trinajstić information content (AvgIpc) is 2.44. The molecule has 1 aromatic heterocycles. The smallest absolute Gasteiger partial charge is 0.255 e. The van der Waals surface area contributed by atoms with Crippen LogP contribution in [0.1, 0.15) is 37.6 Å². The van der Waals surface area contributed by atoms with Gasteiger partial charge in [-0.3, -0.25) is 4.79 Å². The van der Waals surface area contributed by atoms with E-state index in [9.17, 15) is 4.79 Å². The molecule has 0 atom stereocenters. The Morgan fingerprint density at radius 2 is 2.29 bits per heavy atom. The molecule has 1 aromatic rings. The number of nitrogens with one attached hydrogen (secondary N) is 1. The molecule has 1 rings (SSSR count). The number of amides is 1. The fourth-order valence-electron chi connectivity index (χ4n) is 1.94. The minimum Gasteiger partial charge on any atom is -0.369 e. The summed E-state index contributed by atoms with van der Waals surface area (Å²) in [6, 6.07) is 3.69. The zero-order valence-corrected chi connectivity index (χ0v) is 13.4. The van der Waals surface area contributed by atoms with Gasteiger partial charge >= 0.3 is 0 Å². The first-order valence-electron chi connectivity index (χ1n) is 7.05. The number of hydrogen-bond acceptors (Lipinski definition) is 4. The van der Waals surface area contributed by atoms with Gasteiger partial charge in [0.2, 0.25) is 0 Å². The maximum absolute atomic E-state index is 12.5. The van der Waals surface area contributed by atoms with Gasteiger partial charge in [0.05, 0.1) is 23.1 Å². The minimum atomic E-state index is -0.142. The van der Waals surface area contributed by atoms with Crippen LogP contribution < -0.4 is 5.32 Å². The van der Waals surface area contributed by atoms with Crippen LogP contribution in [0, 0.1) is 17.2 Å². The number of nitriles is 1. The van der Waals surface area contributed by atoms with E-state index in [1.165, 1.54) is 6.20 Å². The number of anilines is 1. The van der Waals surface area contributed by atoms with Crippen molar-refractivity contribution in [1.29, 1.82) is 5.26 Å². The van der Waals surface area contributed by atoms with Crippen LogP contribution in [0.5, 0.6) is 0 Å². The van der Waals surface area contributed by atoms with Crippen LogP contribution in [0.25, 0.3) is 0 Å². The standard InChI is InChI=1S/C15H21ClN4O/c1-4-18-14-13(16)8-12(9-19-14)15(21)20(7-5-6-17)10-11(2)3/h8-9,11H,4-5,7,10H2,1-3H3,(H,18,19). The number of pyridine rings is 1. The third-order valence-electron chi connectivity index (χ3n) is 2.80. The Hall–Kier alpha value is -1.80. The molecule has 0 spiro atoms. The first kappa shape index (κ1) is 17.3. The molecule has 0 fully saturated rings. The molecule has 1 amide bonds. The lowest BCUT2D eigenvalue weighted by Gasteiger charge is -2.23. The Morgan fingerprint density at radius 1 is 1.57 bits per heavy atom. The van der Waals surface area contributed by atoms with Crippen molar-refractivity contribution >= 4 is 23.3 Å². The monoisotopic (exact) mass is 308 g/mol. The average molecular weight is 309 g/mol. The lowest BCUT2D eigenvalue weighted by molar-refractivity contribution is 0.0739. The van der Waals surface area contributed by atoms with Crippen LogP contribution in [0.3, 0.4) is 0 Å². The highest BCUT2D eigenvalue weighted by atomic mass is 35.5. The van der Waals surface area contributed by atoms with Crippen molar-refractivity contribution in [1.82, 2.24) is 9.88 Å². The van der Waals surface area contributed by atoms with Crippen LogP contribution in [-0.4, -0.2) is 35.4 Å². The van der Waals surface area contributed by atoms with Gasteiger partial charge < -0.3 is 10.2 Å². The summed E-state index contributed by atoms with van der Waals surface area (Å²) in [6.45, 7) is 7.75. The summed E-state index contributed by atoms with van der Waals surface area (Å²) in [4.78, 5) is 18.4. The molecule has 6 heteroatoms. The van der Waals surface area contributed by atoms with Gasteiger partial charge in [-0.1, -0.05) is 25.4 Å². The van der Waals surface area contributed by atoms with E-state index in [0.29, 0.717) is 48.4 Å². The highest BCUT2D eigenvalue weighted by Crippen LogP contribution is 2.21. The van der Waals surface area contributed by atoms with E-state index in [-0.39, 0.29) is 5.91 Å². The summed E-state index contributed by atoms with van der Waals surface area (Å²) >= 11 is 6.12. The fourth-order valence-corrected chi connectivity index (χ4v) is 2.17. The third-order valence-corrected chi connectivity index (χ3v) is 3.09. The van der Waals surface area contributed by atoms with E-state index in [1.54, 1.807) is 11.0 Å². The molecule has 0 saturated carbocycles. The second-order valence-corrected chi connectivity index (χ2v) is 5.55. The van der Waals surface area contributed by atoms with Gasteiger partial charge in [-0.15, -0.1) is 0 Å². The van der Waals surface area contributed by atoms with Gasteiger partial charge in [0.15, 0.2) is 0 Å². The molecule has 0 aliphatic heterocycles. The highest BCUT2D eigenvalue weighted by Gasteiger charge is 2.18. The molecule has 21 heavy (non-hydrogen) atoms. The Morgan fingerprint density at radius 3 is 2.81 bits per heavy atom. The SMILES string of the molecule is CCNc1ncc(C(=O)N(CCC#N)CC(C)C)cc1Cl. The lowest BCUT2D eigenvalue weighted by Crippen LogP contribution is -2.35. The molecule has 0 aromatic carbocycles. The quantitative estimate of drug-likeness (QED) is 0.840. The molecule has 0 saturated heterocycles. The van der Waals surface area contributed by atoms with Gasteiger partial charge in [-0.05, 0) is 18.9 Å². The van der Waals surface area contributed by atoms with E-state index in [0.717, 1.165) is 0 Å². The van der Waals surface area contributed by atoms with Crippen LogP contribution in [-0.2, 0) is 0 Å². The van der Waals surface area contributed by atoms with E-state index in [1.807, 2.05) is 20.8 Å². The fraction of sp³-hybridized carbons (Fsp3) is 0.533. The van der Waals surface area contributed by atoms with Crippen LogP contribution in [0.15, 0.2) is 12.3 Å². The number of hydrogen-bond donors (Lipinski definition) is 1. The van der Waals surface area contributed by atoms with Gasteiger partial charge in [0, 0.05) is 25.8 Å². The van der Waals surface area contributed by atoms with Crippen LogP contribution in [0.4, 0.5) is 5.82 Å². The van der Waals surface area contributed by atoms with Gasteiger partial charge in [0.25, 0.3) is 5.91 Å². The predicted octanol–water partition coefficient (Wildman–Crippen LogP) is 3.18. The Bertz CT molecular complexity index is 525. The maximum Gasteiger partial charge on any atom is 0.255 e. The molecule has 0 aliphatic rings. The maximum atomic E-state index is 12.5. The van der Waals surface area contributed by atoms with E-state index >= 15 is 0 Å². The molecule has 0 bridgehead atoms. The van der Waals surface area contributed by atoms with Gasteiger partial charge in [-0.25, -0.2) is 4.98 Å². The second-order valence-electron chi connectivity index (χ2n) is 5.14. The van der Waals surface area contributed by atoms with Crippen molar-refractivity contribution < 1.29 is 4.79 Å². The zero-order chi connectivity index (χ0) is 15.8. The van der Waals surface area contributed by atoms with Crippen molar-refractivity contribution in [3.63, 3.8) is 0 Å². The number of nitrogens with zero attached hydrogens (tertiary/aromatic N) is 3. The van der Waals surface area contributed by atoms with Crippen molar-refractivity contribution in [2.75, 3.05) is 25.0 Å². The van der Waals surface area contributed by atoms with E-state index < -0.39 is 0 Å². The first-order valence-corrected chi connectivity index (χ1v) is 7.43.